The average Bonchev–Trinajstić information content (AvgIpc) is 3.33. The van der Waals surface area contributed by atoms with E-state index in [0.717, 1.165) is 40.9 Å². The van der Waals surface area contributed by atoms with Crippen LogP contribution in [-0.2, 0) is 11.2 Å². The first-order valence-electron chi connectivity index (χ1n) is 12.6. The fourth-order valence-electron chi connectivity index (χ4n) is 4.97. The van der Waals surface area contributed by atoms with Gasteiger partial charge in [0.2, 0.25) is 5.91 Å². The van der Waals surface area contributed by atoms with Crippen LogP contribution in [0.5, 0.6) is 0 Å². The largest absolute Gasteiger partial charge is 0.394 e. The van der Waals surface area contributed by atoms with Crippen molar-refractivity contribution < 1.29 is 9.90 Å². The third-order valence-corrected chi connectivity index (χ3v) is 6.95. The molecule has 4 N–H and O–H groups in total. The van der Waals surface area contributed by atoms with Gasteiger partial charge in [0, 0.05) is 45.0 Å². The molecule has 1 amide bonds. The van der Waals surface area contributed by atoms with Gasteiger partial charge in [0.25, 0.3) is 5.56 Å². The Morgan fingerprint density at radius 3 is 2.59 bits per heavy atom. The molecule has 0 spiro atoms. The predicted octanol–water partition coefficient (Wildman–Crippen LogP) is 2.91. The number of imidazole rings is 1. The molecule has 0 saturated carbocycles. The van der Waals surface area contributed by atoms with E-state index < -0.39 is 0 Å². The molecule has 4 aromatic rings. The van der Waals surface area contributed by atoms with Gasteiger partial charge in [-0.25, -0.2) is 4.98 Å². The quantitative estimate of drug-likeness (QED) is 0.310. The Labute approximate surface area is 215 Å². The number of carbonyl (C=O) groups is 1. The van der Waals surface area contributed by atoms with E-state index in [-0.39, 0.29) is 24.1 Å². The van der Waals surface area contributed by atoms with Crippen LogP contribution in [0.15, 0.2) is 59.5 Å². The highest BCUT2D eigenvalue weighted by Crippen LogP contribution is 2.30. The number of aliphatic hydroxyl groups is 1. The molecular weight excluding hydrogens is 468 g/mol. The molecular formula is C28H32N6O3. The summed E-state index contributed by atoms with van der Waals surface area (Å²) in [6.45, 7) is 6.47. The van der Waals surface area contributed by atoms with Crippen LogP contribution in [0.1, 0.15) is 18.1 Å². The van der Waals surface area contributed by atoms with Gasteiger partial charge in [-0.2, -0.15) is 0 Å². The van der Waals surface area contributed by atoms with Crippen molar-refractivity contribution in [1.82, 2.24) is 19.9 Å². The molecule has 0 aliphatic carbocycles. The smallest absolute Gasteiger partial charge is 0.261 e. The minimum absolute atomic E-state index is 0.0827. The maximum absolute atomic E-state index is 13.0. The zero-order valence-electron chi connectivity index (χ0n) is 21.1. The van der Waals surface area contributed by atoms with Gasteiger partial charge in [0.15, 0.2) is 0 Å². The summed E-state index contributed by atoms with van der Waals surface area (Å²) >= 11 is 0. The van der Waals surface area contributed by atoms with Crippen molar-refractivity contribution in [3.8, 4) is 11.4 Å². The number of aliphatic hydroxyl groups excluding tert-OH is 1. The summed E-state index contributed by atoms with van der Waals surface area (Å²) < 4.78 is 0. The number of nitrogens with one attached hydrogen (secondary N) is 3. The zero-order chi connectivity index (χ0) is 25.9. The van der Waals surface area contributed by atoms with Gasteiger partial charge in [0.1, 0.15) is 11.4 Å². The number of nitrogens with zero attached hydrogens (tertiary/aromatic N) is 3. The Kier molecular flexibility index (Phi) is 6.96. The van der Waals surface area contributed by atoms with Crippen molar-refractivity contribution in [2.24, 2.45) is 0 Å². The molecule has 9 heteroatoms. The standard InChI is InChI=1S/C28H32N6O3/c1-18-14-22(34-12-10-33(11-13-34)19(2)36)16-24-26(18)32-27(31-24)25-23(8-9-29-28(25)37)30-21(17-35)15-20-6-4-3-5-7-20/h3-9,14,16,21,35H,10-13,15,17H2,1-2H3,(H,31,32)(H2,29,30,37). The Morgan fingerprint density at radius 1 is 1.14 bits per heavy atom. The van der Waals surface area contributed by atoms with Crippen LogP contribution in [0.2, 0.25) is 0 Å². The van der Waals surface area contributed by atoms with Crippen molar-refractivity contribution in [2.75, 3.05) is 43.0 Å². The highest BCUT2D eigenvalue weighted by atomic mass is 16.3. The van der Waals surface area contributed by atoms with E-state index in [1.54, 1.807) is 19.2 Å². The molecule has 2 aromatic carbocycles. The van der Waals surface area contributed by atoms with E-state index in [4.69, 9.17) is 4.98 Å². The molecule has 1 fully saturated rings. The van der Waals surface area contributed by atoms with Gasteiger partial charge in [-0.15, -0.1) is 0 Å². The molecule has 5 rings (SSSR count). The minimum Gasteiger partial charge on any atom is -0.394 e. The first kappa shape index (κ1) is 24.6. The summed E-state index contributed by atoms with van der Waals surface area (Å²) in [5, 5.41) is 13.4. The number of rotatable bonds is 7. The topological polar surface area (TPSA) is 117 Å². The van der Waals surface area contributed by atoms with Crippen LogP contribution >= 0.6 is 0 Å². The number of pyridine rings is 1. The molecule has 1 saturated heterocycles. The lowest BCUT2D eigenvalue weighted by Gasteiger charge is -2.35. The molecule has 1 unspecified atom stereocenters. The minimum atomic E-state index is -0.269. The normalized spacial score (nSPS) is 14.7. The van der Waals surface area contributed by atoms with E-state index in [1.807, 2.05) is 42.2 Å². The number of benzene rings is 2. The Bertz CT molecular complexity index is 1450. The van der Waals surface area contributed by atoms with E-state index in [2.05, 4.69) is 32.3 Å². The van der Waals surface area contributed by atoms with Crippen molar-refractivity contribution in [2.45, 2.75) is 26.3 Å². The summed E-state index contributed by atoms with van der Waals surface area (Å²) in [6, 6.07) is 15.6. The number of aromatic nitrogens is 3. The monoisotopic (exact) mass is 500 g/mol. The molecule has 0 radical (unpaired) electrons. The van der Waals surface area contributed by atoms with Gasteiger partial charge in [-0.1, -0.05) is 30.3 Å². The Morgan fingerprint density at radius 2 is 1.89 bits per heavy atom. The van der Waals surface area contributed by atoms with Crippen LogP contribution in [0.3, 0.4) is 0 Å². The van der Waals surface area contributed by atoms with Crippen LogP contribution in [0, 0.1) is 6.92 Å². The molecule has 1 aliphatic heterocycles. The maximum Gasteiger partial charge on any atom is 0.261 e. The molecule has 1 atom stereocenters. The number of anilines is 2. The van der Waals surface area contributed by atoms with E-state index in [9.17, 15) is 14.7 Å². The number of aromatic amines is 2. The fourth-order valence-corrected chi connectivity index (χ4v) is 4.97. The van der Waals surface area contributed by atoms with E-state index in [1.165, 1.54) is 0 Å². The number of amides is 1. The molecule has 37 heavy (non-hydrogen) atoms. The number of hydrogen-bond donors (Lipinski definition) is 4. The van der Waals surface area contributed by atoms with Crippen molar-refractivity contribution in [3.63, 3.8) is 0 Å². The SMILES string of the molecule is CC(=O)N1CCN(c2cc(C)c3nc(-c4c(NC(CO)Cc5ccccc5)cc[nH]c4=O)[nH]c3c2)CC1. The lowest BCUT2D eigenvalue weighted by Crippen LogP contribution is -2.48. The van der Waals surface area contributed by atoms with Crippen LogP contribution in [-0.4, -0.2) is 69.7 Å². The second-order valence-corrected chi connectivity index (χ2v) is 9.55. The van der Waals surface area contributed by atoms with Crippen molar-refractivity contribution in [1.29, 1.82) is 0 Å². The number of carbonyl (C=O) groups excluding carboxylic acids is 1. The number of H-pyrrole nitrogens is 2. The summed E-state index contributed by atoms with van der Waals surface area (Å²) in [7, 11) is 0. The molecule has 192 valence electrons. The number of hydrogen-bond acceptors (Lipinski definition) is 6. The Hall–Kier alpha value is -4.11. The third kappa shape index (κ3) is 5.22. The lowest BCUT2D eigenvalue weighted by atomic mass is 10.1. The fraction of sp³-hybridized carbons (Fsp3) is 0.321. The van der Waals surface area contributed by atoms with Gasteiger partial charge in [-0.05, 0) is 42.7 Å². The Balaban J connectivity index is 1.44. The predicted molar refractivity (Wildman–Crippen MR) is 146 cm³/mol. The summed E-state index contributed by atoms with van der Waals surface area (Å²) in [6.07, 6.45) is 2.21. The molecule has 9 nitrogen and oxygen atoms in total. The number of aryl methyl sites for hydroxylation is 1. The zero-order valence-corrected chi connectivity index (χ0v) is 21.1. The molecule has 0 bridgehead atoms. The van der Waals surface area contributed by atoms with Crippen molar-refractivity contribution >= 4 is 28.3 Å². The highest BCUT2D eigenvalue weighted by Gasteiger charge is 2.21. The maximum atomic E-state index is 13.0. The number of piperazine rings is 1. The second kappa shape index (κ2) is 10.5. The van der Waals surface area contributed by atoms with E-state index >= 15 is 0 Å². The first-order chi connectivity index (χ1) is 17.9. The first-order valence-corrected chi connectivity index (χ1v) is 12.6. The van der Waals surface area contributed by atoms with Gasteiger partial charge in [-0.3, -0.25) is 9.59 Å². The third-order valence-electron chi connectivity index (χ3n) is 6.95. The highest BCUT2D eigenvalue weighted by molar-refractivity contribution is 5.87. The van der Waals surface area contributed by atoms with E-state index in [0.29, 0.717) is 36.6 Å². The van der Waals surface area contributed by atoms with Gasteiger partial charge >= 0.3 is 0 Å². The number of fused-ring (bicyclic) bond motifs is 1. The van der Waals surface area contributed by atoms with Crippen LogP contribution < -0.4 is 15.8 Å². The molecule has 3 heterocycles. The summed E-state index contributed by atoms with van der Waals surface area (Å²) in [5.41, 5.74) is 5.55. The summed E-state index contributed by atoms with van der Waals surface area (Å²) in [5.74, 6) is 0.576. The molecule has 1 aliphatic rings. The average molecular weight is 501 g/mol. The van der Waals surface area contributed by atoms with Gasteiger partial charge < -0.3 is 30.2 Å². The second-order valence-electron chi connectivity index (χ2n) is 9.55. The van der Waals surface area contributed by atoms with Gasteiger partial charge in [0.05, 0.1) is 29.4 Å². The summed E-state index contributed by atoms with van der Waals surface area (Å²) in [4.78, 5) is 39.7. The lowest BCUT2D eigenvalue weighted by molar-refractivity contribution is -0.129. The molecule has 2 aromatic heterocycles. The van der Waals surface area contributed by atoms with Crippen LogP contribution in [0.25, 0.3) is 22.4 Å². The van der Waals surface area contributed by atoms with Crippen molar-refractivity contribution in [3.05, 3.63) is 76.2 Å². The van der Waals surface area contributed by atoms with Crippen LogP contribution in [0.4, 0.5) is 11.4 Å².